The number of para-hydroxylation sites is 1. The van der Waals surface area contributed by atoms with Gasteiger partial charge >= 0.3 is 0 Å². The molecule has 7 heteroatoms. The molecule has 2 aromatic carbocycles. The van der Waals surface area contributed by atoms with E-state index in [1.165, 1.54) is 16.7 Å². The summed E-state index contributed by atoms with van der Waals surface area (Å²) in [5.74, 6) is 0. The van der Waals surface area contributed by atoms with Crippen molar-refractivity contribution >= 4 is 38.1 Å². The van der Waals surface area contributed by atoms with Gasteiger partial charge in [-0.05, 0) is 17.7 Å². The van der Waals surface area contributed by atoms with Crippen molar-refractivity contribution in [3.05, 3.63) is 83.3 Å². The zero-order valence-corrected chi connectivity index (χ0v) is 15.2. The summed E-state index contributed by atoms with van der Waals surface area (Å²) < 4.78 is 29.5. The number of fused-ring (bicyclic) bond motifs is 1. The molecule has 130 valence electrons. The second kappa shape index (κ2) is 6.78. The van der Waals surface area contributed by atoms with Gasteiger partial charge in [0, 0.05) is 23.3 Å². The van der Waals surface area contributed by atoms with Crippen LogP contribution in [0.1, 0.15) is 5.56 Å². The minimum atomic E-state index is -3.64. The van der Waals surface area contributed by atoms with Crippen LogP contribution < -0.4 is 4.72 Å². The van der Waals surface area contributed by atoms with E-state index in [2.05, 4.69) is 9.71 Å². The third-order valence-corrected chi connectivity index (χ3v) is 5.56. The Morgan fingerprint density at radius 3 is 2.62 bits per heavy atom. The number of anilines is 1. The lowest BCUT2D eigenvalue weighted by Crippen LogP contribution is -2.09. The predicted molar refractivity (Wildman–Crippen MR) is 107 cm³/mol. The van der Waals surface area contributed by atoms with Crippen molar-refractivity contribution in [3.63, 3.8) is 0 Å². The van der Waals surface area contributed by atoms with E-state index < -0.39 is 10.0 Å². The van der Waals surface area contributed by atoms with Crippen molar-refractivity contribution in [1.29, 1.82) is 0 Å². The van der Waals surface area contributed by atoms with E-state index in [0.29, 0.717) is 5.69 Å². The highest BCUT2D eigenvalue weighted by atomic mass is 32.2. The monoisotopic (exact) mass is 381 g/mol. The number of imidazole rings is 1. The average Bonchev–Trinajstić information content (AvgIpc) is 3.23. The lowest BCUT2D eigenvalue weighted by Gasteiger charge is -2.09. The molecule has 2 heterocycles. The van der Waals surface area contributed by atoms with Gasteiger partial charge in [0.25, 0.3) is 10.0 Å². The molecule has 0 radical (unpaired) electrons. The van der Waals surface area contributed by atoms with Gasteiger partial charge in [-0.2, -0.15) is 0 Å². The fourth-order valence-corrected chi connectivity index (χ4v) is 4.16. The first kappa shape index (κ1) is 16.6. The normalized spacial score (nSPS) is 12.0. The summed E-state index contributed by atoms with van der Waals surface area (Å²) >= 11 is 1.53. The van der Waals surface area contributed by atoms with Crippen LogP contribution in [0.2, 0.25) is 0 Å². The molecule has 0 saturated carbocycles. The van der Waals surface area contributed by atoms with Gasteiger partial charge in [0.2, 0.25) is 0 Å². The molecular weight excluding hydrogens is 366 g/mol. The van der Waals surface area contributed by atoms with E-state index in [1.54, 1.807) is 18.2 Å². The van der Waals surface area contributed by atoms with Crippen LogP contribution in [0, 0.1) is 0 Å². The van der Waals surface area contributed by atoms with Crippen molar-refractivity contribution < 1.29 is 8.42 Å². The number of nitrogens with one attached hydrogen (secondary N) is 1. The van der Waals surface area contributed by atoms with Gasteiger partial charge < -0.3 is 0 Å². The van der Waals surface area contributed by atoms with Crippen LogP contribution in [0.15, 0.2) is 77.8 Å². The van der Waals surface area contributed by atoms with Crippen molar-refractivity contribution in [2.24, 2.45) is 0 Å². The standard InChI is InChI=1S/C19H15N3O2S2/c23-26(24,13-10-15-6-2-1-3-7-15)21-17-9-5-4-8-16(17)18-14-22-11-12-25-19(22)20-18/h1-14,21H/b13-10+. The molecule has 0 saturated heterocycles. The first-order valence-corrected chi connectivity index (χ1v) is 10.3. The van der Waals surface area contributed by atoms with E-state index in [0.717, 1.165) is 21.8 Å². The van der Waals surface area contributed by atoms with Crippen LogP contribution >= 0.6 is 11.3 Å². The maximum Gasteiger partial charge on any atom is 0.255 e. The molecule has 0 fully saturated rings. The largest absolute Gasteiger partial charge is 0.297 e. The Labute approximate surface area is 155 Å². The number of nitrogens with zero attached hydrogens (tertiary/aromatic N) is 2. The van der Waals surface area contributed by atoms with E-state index >= 15 is 0 Å². The van der Waals surface area contributed by atoms with Crippen LogP contribution in [0.25, 0.3) is 22.3 Å². The molecule has 0 bridgehead atoms. The number of hydrogen-bond donors (Lipinski definition) is 1. The van der Waals surface area contributed by atoms with Gasteiger partial charge in [-0.15, -0.1) is 11.3 Å². The molecule has 4 aromatic rings. The quantitative estimate of drug-likeness (QED) is 0.554. The molecule has 4 rings (SSSR count). The molecule has 2 aromatic heterocycles. The number of thiazole rings is 1. The van der Waals surface area contributed by atoms with Gasteiger partial charge in [0.15, 0.2) is 4.96 Å². The highest BCUT2D eigenvalue weighted by Crippen LogP contribution is 2.29. The van der Waals surface area contributed by atoms with Crippen molar-refractivity contribution in [2.45, 2.75) is 0 Å². The fraction of sp³-hybridized carbons (Fsp3) is 0. The number of aromatic nitrogens is 2. The second-order valence-corrected chi connectivity index (χ2v) is 8.06. The molecule has 0 amide bonds. The molecule has 1 N–H and O–H groups in total. The Kier molecular flexibility index (Phi) is 4.32. The second-order valence-electron chi connectivity index (χ2n) is 5.63. The van der Waals surface area contributed by atoms with Crippen LogP contribution in [-0.2, 0) is 10.0 Å². The Bertz CT molecular complexity index is 1150. The summed E-state index contributed by atoms with van der Waals surface area (Å²) in [6.45, 7) is 0. The summed E-state index contributed by atoms with van der Waals surface area (Å²) in [7, 11) is -3.64. The van der Waals surface area contributed by atoms with E-state index in [-0.39, 0.29) is 0 Å². The molecule has 0 aliphatic carbocycles. The SMILES string of the molecule is O=S(=O)(/C=C/c1ccccc1)Nc1ccccc1-c1cn2ccsc2n1. The third-order valence-electron chi connectivity index (χ3n) is 3.79. The van der Waals surface area contributed by atoms with E-state index in [4.69, 9.17) is 0 Å². The zero-order chi connectivity index (χ0) is 18.0. The van der Waals surface area contributed by atoms with Crippen molar-refractivity contribution in [3.8, 4) is 11.3 Å². The van der Waals surface area contributed by atoms with E-state index in [1.807, 2.05) is 64.6 Å². The summed E-state index contributed by atoms with van der Waals surface area (Å²) in [5.41, 5.74) is 2.78. The van der Waals surface area contributed by atoms with Crippen LogP contribution in [0.5, 0.6) is 0 Å². The number of hydrogen-bond acceptors (Lipinski definition) is 4. The molecule has 0 atom stereocenters. The summed E-state index contributed by atoms with van der Waals surface area (Å²) in [5, 5.41) is 3.12. The first-order chi connectivity index (χ1) is 12.6. The molecule has 5 nitrogen and oxygen atoms in total. The topological polar surface area (TPSA) is 63.5 Å². The summed E-state index contributed by atoms with van der Waals surface area (Å²) in [4.78, 5) is 5.42. The zero-order valence-electron chi connectivity index (χ0n) is 13.6. The summed E-state index contributed by atoms with van der Waals surface area (Å²) in [6, 6.07) is 16.5. The van der Waals surface area contributed by atoms with Gasteiger partial charge in [-0.1, -0.05) is 48.5 Å². The van der Waals surface area contributed by atoms with Crippen LogP contribution in [0.4, 0.5) is 5.69 Å². The lowest BCUT2D eigenvalue weighted by atomic mass is 10.1. The molecule has 0 aliphatic heterocycles. The predicted octanol–water partition coefficient (Wildman–Crippen LogP) is 4.48. The Balaban J connectivity index is 1.64. The van der Waals surface area contributed by atoms with Gasteiger partial charge in [-0.25, -0.2) is 13.4 Å². The minimum Gasteiger partial charge on any atom is -0.297 e. The molecule has 0 aliphatic rings. The van der Waals surface area contributed by atoms with Gasteiger partial charge in [0.1, 0.15) is 0 Å². The maximum atomic E-state index is 12.5. The lowest BCUT2D eigenvalue weighted by molar-refractivity contribution is 0.609. The summed E-state index contributed by atoms with van der Waals surface area (Å²) in [6.07, 6.45) is 5.38. The highest BCUT2D eigenvalue weighted by molar-refractivity contribution is 7.95. The number of rotatable bonds is 5. The van der Waals surface area contributed by atoms with Crippen LogP contribution in [0.3, 0.4) is 0 Å². The van der Waals surface area contributed by atoms with E-state index in [9.17, 15) is 8.42 Å². The number of sulfonamides is 1. The molecule has 0 unspecified atom stereocenters. The Morgan fingerprint density at radius 1 is 1.04 bits per heavy atom. The van der Waals surface area contributed by atoms with Crippen molar-refractivity contribution in [1.82, 2.24) is 9.38 Å². The first-order valence-electron chi connectivity index (χ1n) is 7.88. The molecule has 0 spiro atoms. The van der Waals surface area contributed by atoms with Crippen LogP contribution in [-0.4, -0.2) is 17.8 Å². The fourth-order valence-electron chi connectivity index (χ4n) is 2.57. The Hall–Kier alpha value is -2.90. The minimum absolute atomic E-state index is 0.496. The smallest absolute Gasteiger partial charge is 0.255 e. The third kappa shape index (κ3) is 3.54. The highest BCUT2D eigenvalue weighted by Gasteiger charge is 2.13. The van der Waals surface area contributed by atoms with Gasteiger partial charge in [-0.3, -0.25) is 9.12 Å². The van der Waals surface area contributed by atoms with Crippen molar-refractivity contribution in [2.75, 3.05) is 4.72 Å². The molecule has 26 heavy (non-hydrogen) atoms. The van der Waals surface area contributed by atoms with Gasteiger partial charge in [0.05, 0.1) is 16.8 Å². The molecular formula is C19H15N3O2S2. The Morgan fingerprint density at radius 2 is 1.81 bits per heavy atom. The maximum absolute atomic E-state index is 12.5. The average molecular weight is 381 g/mol. The number of benzene rings is 2.